The lowest BCUT2D eigenvalue weighted by atomic mass is 10.1. The second-order valence-corrected chi connectivity index (χ2v) is 7.99. The fourth-order valence-electron chi connectivity index (χ4n) is 3.29. The Hall–Kier alpha value is -0.940. The van der Waals surface area contributed by atoms with Crippen molar-refractivity contribution in [3.63, 3.8) is 0 Å². The number of aliphatic imine (C=N–C) groups is 1. The van der Waals surface area contributed by atoms with E-state index in [-0.39, 0.29) is 36.0 Å². The Bertz CT molecular complexity index is 652. The number of ether oxygens (including phenoxy) is 1. The van der Waals surface area contributed by atoms with E-state index in [0.29, 0.717) is 23.1 Å². The standard InChI is InChI=1S/C19H33N5O2S.HI/c1-6-9-24-10-8-15(12-24)11-21-19(20-5)23-14(4)17-22-13(3)16(27-17)18(25)26-7-2;/h14-15H,6-12H2,1-5H3,(H2,20,21,23);1H. The van der Waals surface area contributed by atoms with E-state index < -0.39 is 0 Å². The Morgan fingerprint density at radius 2 is 2.21 bits per heavy atom. The van der Waals surface area contributed by atoms with Gasteiger partial charge in [-0.15, -0.1) is 35.3 Å². The average Bonchev–Trinajstić information content (AvgIpc) is 3.25. The molecule has 2 rings (SSSR count). The van der Waals surface area contributed by atoms with Gasteiger partial charge in [-0.25, -0.2) is 9.78 Å². The van der Waals surface area contributed by atoms with E-state index in [1.807, 2.05) is 13.8 Å². The molecular formula is C19H34IN5O2S. The Morgan fingerprint density at radius 1 is 1.46 bits per heavy atom. The maximum Gasteiger partial charge on any atom is 0.350 e. The zero-order valence-corrected chi connectivity index (χ0v) is 20.7. The summed E-state index contributed by atoms with van der Waals surface area (Å²) in [5, 5.41) is 7.67. The molecule has 2 N–H and O–H groups in total. The Kier molecular flexibility index (Phi) is 11.3. The molecule has 9 heteroatoms. The molecule has 1 aromatic heterocycles. The number of nitrogens with zero attached hydrogens (tertiary/aromatic N) is 3. The van der Waals surface area contributed by atoms with Crippen molar-refractivity contribution in [1.82, 2.24) is 20.5 Å². The van der Waals surface area contributed by atoms with Crippen LogP contribution in [0.4, 0.5) is 0 Å². The molecule has 2 unspecified atom stereocenters. The Balaban J connectivity index is 0.00000392. The zero-order chi connectivity index (χ0) is 19.8. The highest BCUT2D eigenvalue weighted by atomic mass is 127. The number of carbonyl (C=O) groups excluding carboxylic acids is 1. The van der Waals surface area contributed by atoms with Gasteiger partial charge in [-0.05, 0) is 52.6 Å². The summed E-state index contributed by atoms with van der Waals surface area (Å²) in [6.45, 7) is 12.7. The van der Waals surface area contributed by atoms with Crippen LogP contribution in [0, 0.1) is 12.8 Å². The summed E-state index contributed by atoms with van der Waals surface area (Å²) in [6, 6.07) is -0.0387. The SMILES string of the molecule is CCCN1CCC(CNC(=NC)NC(C)c2nc(C)c(C(=O)OCC)s2)C1.I. The summed E-state index contributed by atoms with van der Waals surface area (Å²) in [5.41, 5.74) is 0.715. The summed E-state index contributed by atoms with van der Waals surface area (Å²) < 4.78 is 5.10. The zero-order valence-electron chi connectivity index (χ0n) is 17.6. The minimum atomic E-state index is -0.300. The van der Waals surface area contributed by atoms with E-state index in [1.54, 1.807) is 14.0 Å². The fraction of sp³-hybridized carbons (Fsp3) is 0.737. The summed E-state index contributed by atoms with van der Waals surface area (Å²) in [5.74, 6) is 1.12. The third kappa shape index (κ3) is 7.14. The first kappa shape index (κ1) is 25.1. The maximum atomic E-state index is 12.0. The highest BCUT2D eigenvalue weighted by Gasteiger charge is 2.23. The minimum Gasteiger partial charge on any atom is -0.462 e. The van der Waals surface area contributed by atoms with Crippen LogP contribution in [0.3, 0.4) is 0 Å². The van der Waals surface area contributed by atoms with Gasteiger partial charge in [0.1, 0.15) is 9.88 Å². The molecule has 160 valence electrons. The van der Waals surface area contributed by atoms with Crippen LogP contribution in [0.1, 0.15) is 60.0 Å². The molecule has 0 spiro atoms. The summed E-state index contributed by atoms with van der Waals surface area (Å²) in [4.78, 5) is 24.0. The van der Waals surface area contributed by atoms with E-state index in [4.69, 9.17) is 4.74 Å². The van der Waals surface area contributed by atoms with Crippen molar-refractivity contribution in [2.24, 2.45) is 10.9 Å². The molecule has 2 heterocycles. The molecule has 0 amide bonds. The van der Waals surface area contributed by atoms with Crippen molar-refractivity contribution in [3.8, 4) is 0 Å². The highest BCUT2D eigenvalue weighted by molar-refractivity contribution is 14.0. The van der Waals surface area contributed by atoms with Gasteiger partial charge in [0.15, 0.2) is 5.96 Å². The lowest BCUT2D eigenvalue weighted by Crippen LogP contribution is -2.41. The van der Waals surface area contributed by atoms with E-state index in [0.717, 1.165) is 24.1 Å². The van der Waals surface area contributed by atoms with Gasteiger partial charge in [0, 0.05) is 20.1 Å². The lowest BCUT2D eigenvalue weighted by molar-refractivity contribution is 0.0531. The molecular weight excluding hydrogens is 489 g/mol. The molecule has 7 nitrogen and oxygen atoms in total. The van der Waals surface area contributed by atoms with Gasteiger partial charge >= 0.3 is 5.97 Å². The number of carbonyl (C=O) groups is 1. The van der Waals surface area contributed by atoms with Crippen LogP contribution in [0.2, 0.25) is 0 Å². The van der Waals surface area contributed by atoms with Gasteiger partial charge in [0.2, 0.25) is 0 Å². The number of hydrogen-bond acceptors (Lipinski definition) is 6. The molecule has 0 bridgehead atoms. The minimum absolute atomic E-state index is 0. The second-order valence-electron chi connectivity index (χ2n) is 6.96. The van der Waals surface area contributed by atoms with Crippen molar-refractivity contribution in [2.75, 3.05) is 39.8 Å². The molecule has 0 saturated carbocycles. The fourth-order valence-corrected chi connectivity index (χ4v) is 4.25. The average molecular weight is 523 g/mol. The molecule has 1 aromatic rings. The number of esters is 1. The third-order valence-corrected chi connectivity index (χ3v) is 6.01. The number of aromatic nitrogens is 1. The van der Waals surface area contributed by atoms with Crippen molar-refractivity contribution in [3.05, 3.63) is 15.6 Å². The second kappa shape index (κ2) is 12.6. The number of guanidine groups is 1. The molecule has 0 radical (unpaired) electrons. The molecule has 1 aliphatic rings. The van der Waals surface area contributed by atoms with Gasteiger partial charge < -0.3 is 20.3 Å². The van der Waals surface area contributed by atoms with Crippen LogP contribution in [-0.4, -0.2) is 61.6 Å². The van der Waals surface area contributed by atoms with Crippen LogP contribution >= 0.6 is 35.3 Å². The molecule has 28 heavy (non-hydrogen) atoms. The van der Waals surface area contributed by atoms with E-state index >= 15 is 0 Å². The number of nitrogens with one attached hydrogen (secondary N) is 2. The van der Waals surface area contributed by atoms with Crippen molar-refractivity contribution in [1.29, 1.82) is 0 Å². The van der Waals surface area contributed by atoms with E-state index in [1.165, 1.54) is 37.3 Å². The molecule has 0 aliphatic carbocycles. The number of thiazole rings is 1. The van der Waals surface area contributed by atoms with Crippen LogP contribution in [-0.2, 0) is 4.74 Å². The van der Waals surface area contributed by atoms with Crippen molar-refractivity contribution >= 4 is 47.2 Å². The van der Waals surface area contributed by atoms with Crippen LogP contribution in [0.25, 0.3) is 0 Å². The first-order valence-corrected chi connectivity index (χ1v) is 10.6. The predicted molar refractivity (Wildman–Crippen MR) is 126 cm³/mol. The topological polar surface area (TPSA) is 78.9 Å². The van der Waals surface area contributed by atoms with Crippen molar-refractivity contribution in [2.45, 2.75) is 46.6 Å². The normalized spacial score (nSPS) is 18.5. The highest BCUT2D eigenvalue weighted by Crippen LogP contribution is 2.24. The smallest absolute Gasteiger partial charge is 0.350 e. The quantitative estimate of drug-likeness (QED) is 0.236. The van der Waals surface area contributed by atoms with E-state index in [2.05, 4.69) is 32.4 Å². The number of rotatable bonds is 8. The number of likely N-dealkylation sites (tertiary alicyclic amines) is 1. The van der Waals surface area contributed by atoms with Crippen LogP contribution < -0.4 is 10.6 Å². The summed E-state index contributed by atoms with van der Waals surface area (Å²) >= 11 is 1.38. The molecule has 1 fully saturated rings. The van der Waals surface area contributed by atoms with Crippen molar-refractivity contribution < 1.29 is 9.53 Å². The lowest BCUT2D eigenvalue weighted by Gasteiger charge is -2.19. The maximum absolute atomic E-state index is 12.0. The largest absolute Gasteiger partial charge is 0.462 e. The van der Waals surface area contributed by atoms with Gasteiger partial charge in [0.25, 0.3) is 0 Å². The van der Waals surface area contributed by atoms with E-state index in [9.17, 15) is 4.79 Å². The van der Waals surface area contributed by atoms with Gasteiger partial charge in [-0.2, -0.15) is 0 Å². The molecule has 1 saturated heterocycles. The number of halogens is 1. The molecule has 0 aromatic carbocycles. The summed E-state index contributed by atoms with van der Waals surface area (Å²) in [6.07, 6.45) is 2.44. The van der Waals surface area contributed by atoms with Gasteiger partial charge in [0.05, 0.1) is 18.3 Å². The first-order valence-electron chi connectivity index (χ1n) is 9.82. The Morgan fingerprint density at radius 3 is 2.86 bits per heavy atom. The first-order chi connectivity index (χ1) is 13.0. The van der Waals surface area contributed by atoms with Crippen LogP contribution in [0.15, 0.2) is 4.99 Å². The Labute approximate surface area is 189 Å². The predicted octanol–water partition coefficient (Wildman–Crippen LogP) is 3.20. The molecule has 2 atom stereocenters. The number of aryl methyl sites for hydroxylation is 1. The van der Waals surface area contributed by atoms with Gasteiger partial charge in [-0.3, -0.25) is 4.99 Å². The number of hydrogen-bond donors (Lipinski definition) is 2. The monoisotopic (exact) mass is 523 g/mol. The molecule has 1 aliphatic heterocycles. The summed E-state index contributed by atoms with van der Waals surface area (Å²) in [7, 11) is 1.78. The third-order valence-electron chi connectivity index (χ3n) is 4.69. The van der Waals surface area contributed by atoms with Crippen LogP contribution in [0.5, 0.6) is 0 Å². The van der Waals surface area contributed by atoms with Gasteiger partial charge in [-0.1, -0.05) is 6.92 Å².